The molecule has 0 saturated heterocycles. The summed E-state index contributed by atoms with van der Waals surface area (Å²) in [5.41, 5.74) is 4.68. The number of unbranched alkanes of at least 4 members (excludes halogenated alkanes) is 5. The molecular weight excluding hydrogens is 228 g/mol. The van der Waals surface area contributed by atoms with Crippen LogP contribution in [-0.4, -0.2) is 31.7 Å². The predicted molar refractivity (Wildman–Crippen MR) is 75.5 cm³/mol. The van der Waals surface area contributed by atoms with Crippen LogP contribution in [0.2, 0.25) is 0 Å². The van der Waals surface area contributed by atoms with Crippen molar-refractivity contribution in [1.29, 1.82) is 0 Å². The summed E-state index contributed by atoms with van der Waals surface area (Å²) in [6, 6.07) is 0. The first-order valence-corrected chi connectivity index (χ1v) is 7.13. The van der Waals surface area contributed by atoms with Gasteiger partial charge in [0.15, 0.2) is 0 Å². The van der Waals surface area contributed by atoms with Gasteiger partial charge in [-0.05, 0) is 26.8 Å². The summed E-state index contributed by atoms with van der Waals surface area (Å²) in [4.78, 5) is 11.2. The van der Waals surface area contributed by atoms with E-state index < -0.39 is 5.54 Å². The number of amides is 1. The molecule has 0 aromatic carbocycles. The fourth-order valence-electron chi connectivity index (χ4n) is 1.73. The second-order valence-corrected chi connectivity index (χ2v) is 5.08. The highest BCUT2D eigenvalue weighted by atomic mass is 16.5. The average molecular weight is 258 g/mol. The quantitative estimate of drug-likeness (QED) is 0.528. The van der Waals surface area contributed by atoms with Gasteiger partial charge in [0.2, 0.25) is 5.91 Å². The van der Waals surface area contributed by atoms with Crippen LogP contribution in [-0.2, 0) is 9.53 Å². The van der Waals surface area contributed by atoms with Crippen LogP contribution in [0.15, 0.2) is 0 Å². The molecule has 18 heavy (non-hydrogen) atoms. The third-order valence-electron chi connectivity index (χ3n) is 3.48. The van der Waals surface area contributed by atoms with Crippen LogP contribution < -0.4 is 11.1 Å². The third-order valence-corrected chi connectivity index (χ3v) is 3.48. The number of likely N-dealkylation sites (N-methyl/N-ethyl adjacent to an activating group) is 1. The van der Waals surface area contributed by atoms with E-state index in [4.69, 9.17) is 10.5 Å². The van der Waals surface area contributed by atoms with E-state index in [1.165, 1.54) is 32.1 Å². The first-order valence-electron chi connectivity index (χ1n) is 7.13. The van der Waals surface area contributed by atoms with Crippen molar-refractivity contribution in [3.8, 4) is 0 Å². The summed E-state index contributed by atoms with van der Waals surface area (Å²) in [6.45, 7) is 5.39. The number of hydrogen-bond acceptors (Lipinski definition) is 3. The van der Waals surface area contributed by atoms with Crippen molar-refractivity contribution in [2.24, 2.45) is 5.73 Å². The Morgan fingerprint density at radius 2 is 1.78 bits per heavy atom. The van der Waals surface area contributed by atoms with E-state index in [1.807, 2.05) is 6.92 Å². The van der Waals surface area contributed by atoms with Crippen molar-refractivity contribution in [3.05, 3.63) is 0 Å². The standard InChI is InChI=1S/C14H30N2O2/c1-4-5-6-7-8-9-11-18-12-10-14(2,16-3)13(15)17/h16H,4-12H2,1-3H3,(H2,15,17). The monoisotopic (exact) mass is 258 g/mol. The maximum absolute atomic E-state index is 11.2. The highest BCUT2D eigenvalue weighted by Gasteiger charge is 2.28. The Kier molecular flexibility index (Phi) is 9.98. The SMILES string of the molecule is CCCCCCCCOCCC(C)(NC)C(N)=O. The van der Waals surface area contributed by atoms with Crippen molar-refractivity contribution in [3.63, 3.8) is 0 Å². The lowest BCUT2D eigenvalue weighted by Gasteiger charge is -2.25. The van der Waals surface area contributed by atoms with Gasteiger partial charge in [0.25, 0.3) is 0 Å². The van der Waals surface area contributed by atoms with Crippen molar-refractivity contribution in [1.82, 2.24) is 5.32 Å². The Morgan fingerprint density at radius 1 is 1.17 bits per heavy atom. The molecule has 0 bridgehead atoms. The molecule has 0 aliphatic heterocycles. The van der Waals surface area contributed by atoms with E-state index in [1.54, 1.807) is 7.05 Å². The first kappa shape index (κ1) is 17.4. The summed E-state index contributed by atoms with van der Waals surface area (Å²) in [6.07, 6.45) is 8.21. The molecule has 108 valence electrons. The Balaban J connectivity index is 3.42. The zero-order valence-electron chi connectivity index (χ0n) is 12.3. The van der Waals surface area contributed by atoms with Gasteiger partial charge in [0.05, 0.1) is 5.54 Å². The molecule has 1 amide bonds. The number of hydrogen-bond donors (Lipinski definition) is 2. The van der Waals surface area contributed by atoms with Crippen molar-refractivity contribution in [2.75, 3.05) is 20.3 Å². The number of carbonyl (C=O) groups excluding carboxylic acids is 1. The van der Waals surface area contributed by atoms with Crippen molar-refractivity contribution >= 4 is 5.91 Å². The molecule has 0 aromatic rings. The second kappa shape index (κ2) is 10.3. The average Bonchev–Trinajstić information content (AvgIpc) is 2.36. The molecule has 4 heteroatoms. The van der Waals surface area contributed by atoms with Gasteiger partial charge in [0, 0.05) is 13.2 Å². The lowest BCUT2D eigenvalue weighted by atomic mass is 9.98. The molecule has 0 aliphatic rings. The van der Waals surface area contributed by atoms with Crippen molar-refractivity contribution < 1.29 is 9.53 Å². The second-order valence-electron chi connectivity index (χ2n) is 5.08. The number of nitrogens with one attached hydrogen (secondary N) is 1. The largest absolute Gasteiger partial charge is 0.381 e. The first-order chi connectivity index (χ1) is 8.56. The summed E-state index contributed by atoms with van der Waals surface area (Å²) in [5.74, 6) is -0.326. The topological polar surface area (TPSA) is 64.3 Å². The molecule has 1 atom stereocenters. The Morgan fingerprint density at radius 3 is 2.33 bits per heavy atom. The lowest BCUT2D eigenvalue weighted by molar-refractivity contribution is -0.124. The van der Waals surface area contributed by atoms with Gasteiger partial charge in [-0.1, -0.05) is 39.0 Å². The van der Waals surface area contributed by atoms with Crippen LogP contribution in [0.4, 0.5) is 0 Å². The maximum atomic E-state index is 11.2. The minimum atomic E-state index is -0.652. The van der Waals surface area contributed by atoms with Gasteiger partial charge in [-0.3, -0.25) is 4.79 Å². The third kappa shape index (κ3) is 7.67. The fourth-order valence-corrected chi connectivity index (χ4v) is 1.73. The highest BCUT2D eigenvalue weighted by molar-refractivity contribution is 5.84. The van der Waals surface area contributed by atoms with E-state index in [9.17, 15) is 4.79 Å². The van der Waals surface area contributed by atoms with Gasteiger partial charge < -0.3 is 15.8 Å². The smallest absolute Gasteiger partial charge is 0.237 e. The van der Waals surface area contributed by atoms with Gasteiger partial charge in [-0.15, -0.1) is 0 Å². The predicted octanol–water partition coefficient (Wildman–Crippen LogP) is 2.22. The van der Waals surface area contributed by atoms with Crippen LogP contribution in [0.25, 0.3) is 0 Å². The van der Waals surface area contributed by atoms with Crippen LogP contribution >= 0.6 is 0 Å². The van der Waals surface area contributed by atoms with Gasteiger partial charge in [-0.25, -0.2) is 0 Å². The van der Waals surface area contributed by atoms with E-state index in [0.717, 1.165) is 13.0 Å². The molecule has 1 unspecified atom stereocenters. The van der Waals surface area contributed by atoms with E-state index >= 15 is 0 Å². The zero-order chi connectivity index (χ0) is 13.9. The molecule has 0 heterocycles. The molecule has 3 N–H and O–H groups in total. The number of carbonyl (C=O) groups is 1. The van der Waals surface area contributed by atoms with Crippen LogP contribution in [0.1, 0.15) is 58.8 Å². The fraction of sp³-hybridized carbons (Fsp3) is 0.929. The molecule has 0 aliphatic carbocycles. The van der Waals surface area contributed by atoms with Gasteiger partial charge >= 0.3 is 0 Å². The summed E-state index contributed by atoms with van der Waals surface area (Å²) < 4.78 is 5.54. The molecule has 0 fully saturated rings. The molecule has 0 aromatic heterocycles. The van der Waals surface area contributed by atoms with E-state index in [2.05, 4.69) is 12.2 Å². The summed E-state index contributed by atoms with van der Waals surface area (Å²) >= 11 is 0. The normalized spacial score (nSPS) is 14.4. The van der Waals surface area contributed by atoms with Crippen molar-refractivity contribution in [2.45, 2.75) is 64.3 Å². The molecule has 0 spiro atoms. The number of rotatable bonds is 12. The Labute approximate surface area is 112 Å². The molecular formula is C14H30N2O2. The maximum Gasteiger partial charge on any atom is 0.237 e. The van der Waals surface area contributed by atoms with Crippen LogP contribution in [0, 0.1) is 0 Å². The number of ether oxygens (including phenoxy) is 1. The number of primary amides is 1. The van der Waals surface area contributed by atoms with Gasteiger partial charge in [-0.2, -0.15) is 0 Å². The molecule has 0 saturated carbocycles. The highest BCUT2D eigenvalue weighted by Crippen LogP contribution is 2.09. The summed E-state index contributed by atoms with van der Waals surface area (Å²) in [7, 11) is 1.75. The minimum absolute atomic E-state index is 0.326. The molecule has 4 nitrogen and oxygen atoms in total. The van der Waals surface area contributed by atoms with Gasteiger partial charge in [0.1, 0.15) is 0 Å². The Bertz CT molecular complexity index is 222. The molecule has 0 radical (unpaired) electrons. The molecule has 0 rings (SSSR count). The van der Waals surface area contributed by atoms with E-state index in [-0.39, 0.29) is 5.91 Å². The Hall–Kier alpha value is -0.610. The zero-order valence-corrected chi connectivity index (χ0v) is 12.3. The van der Waals surface area contributed by atoms with Crippen LogP contribution in [0.5, 0.6) is 0 Å². The van der Waals surface area contributed by atoms with Crippen LogP contribution in [0.3, 0.4) is 0 Å². The summed E-state index contributed by atoms with van der Waals surface area (Å²) in [5, 5.41) is 2.95. The van der Waals surface area contributed by atoms with E-state index in [0.29, 0.717) is 13.0 Å². The number of nitrogens with two attached hydrogens (primary N) is 1. The minimum Gasteiger partial charge on any atom is -0.381 e. The lowest BCUT2D eigenvalue weighted by Crippen LogP contribution is -2.52.